The Hall–Kier alpha value is -1.30. The van der Waals surface area contributed by atoms with Gasteiger partial charge in [-0.1, -0.05) is 30.3 Å². The lowest BCUT2D eigenvalue weighted by atomic mass is 10.2. The molecule has 0 nitrogen and oxygen atoms in total. The highest BCUT2D eigenvalue weighted by atomic mass is 14.0. The number of rotatable bonds is 0. The van der Waals surface area contributed by atoms with Gasteiger partial charge in [0.2, 0.25) is 0 Å². The summed E-state index contributed by atoms with van der Waals surface area (Å²) < 4.78 is 0. The first-order valence-corrected chi connectivity index (χ1v) is 3.24. The fourth-order valence-corrected chi connectivity index (χ4v) is 0.992. The van der Waals surface area contributed by atoms with Crippen molar-refractivity contribution in [3.63, 3.8) is 0 Å². The molecule has 0 saturated carbocycles. The number of hydrogen-bond donors (Lipinski definition) is 0. The molecule has 0 aromatic carbocycles. The summed E-state index contributed by atoms with van der Waals surface area (Å²) in [5, 5.41) is 0. The molecule has 0 atom stereocenters. The molecule has 10 heavy (non-hydrogen) atoms. The standard InChI is InChI=1S/C10H6/c1-2-5-9-7-4-8-10(9)6-3-1/h1-3,5-7H. The van der Waals surface area contributed by atoms with Crippen LogP contribution in [0.3, 0.4) is 0 Å². The highest BCUT2D eigenvalue weighted by Gasteiger charge is 1.95. The van der Waals surface area contributed by atoms with Crippen LogP contribution in [0.2, 0.25) is 0 Å². The molecule has 0 saturated heterocycles. The quantitative estimate of drug-likeness (QED) is 0.508. The van der Waals surface area contributed by atoms with E-state index in [-0.39, 0.29) is 0 Å². The van der Waals surface area contributed by atoms with Gasteiger partial charge in [0.25, 0.3) is 0 Å². The van der Waals surface area contributed by atoms with Crippen molar-refractivity contribution in [2.75, 3.05) is 0 Å². The molecule has 0 heteroatoms. The first-order chi connectivity index (χ1) is 4.97. The molecule has 0 bridgehead atoms. The minimum Gasteiger partial charge on any atom is -0.0622 e. The van der Waals surface area contributed by atoms with Crippen LogP contribution in [0.4, 0.5) is 0 Å². The zero-order chi connectivity index (χ0) is 6.81. The molecule has 46 valence electrons. The van der Waals surface area contributed by atoms with E-state index >= 15 is 0 Å². The molecule has 0 aliphatic heterocycles. The Labute approximate surface area is 60.5 Å². The summed E-state index contributed by atoms with van der Waals surface area (Å²) in [5.41, 5.74) is 2.33. The minimum atomic E-state index is 1.13. The normalized spacial score (nSPS) is 10.0. The lowest BCUT2D eigenvalue weighted by molar-refractivity contribution is 1.83. The van der Waals surface area contributed by atoms with E-state index in [0.717, 1.165) is 5.56 Å². The second-order valence-corrected chi connectivity index (χ2v) is 2.19. The Morgan fingerprint density at radius 1 is 1.00 bits per heavy atom. The van der Waals surface area contributed by atoms with E-state index in [1.807, 2.05) is 30.3 Å². The summed E-state index contributed by atoms with van der Waals surface area (Å²) in [6, 6.07) is 18.0. The van der Waals surface area contributed by atoms with Crippen LogP contribution in [-0.2, 0) is 0 Å². The second kappa shape index (κ2) is 2.14. The highest BCUT2D eigenvalue weighted by Crippen LogP contribution is 2.18. The molecule has 0 N–H and O–H groups in total. The lowest BCUT2D eigenvalue weighted by Gasteiger charge is -1.85. The van der Waals surface area contributed by atoms with Gasteiger partial charge < -0.3 is 0 Å². The molecule has 0 aromatic heterocycles. The fraction of sp³-hybridized carbons (Fsp3) is 0. The predicted octanol–water partition coefficient (Wildman–Crippen LogP) is 2.39. The first-order valence-electron chi connectivity index (χ1n) is 3.24. The first kappa shape index (κ1) is 5.48. The van der Waals surface area contributed by atoms with Crippen LogP contribution in [-0.4, -0.2) is 0 Å². The minimum absolute atomic E-state index is 1.13. The fourth-order valence-electron chi connectivity index (χ4n) is 0.992. The number of hydrogen-bond acceptors (Lipinski definition) is 0. The van der Waals surface area contributed by atoms with Crippen molar-refractivity contribution in [2.24, 2.45) is 0 Å². The van der Waals surface area contributed by atoms with Gasteiger partial charge in [-0.25, -0.2) is 0 Å². The molecule has 0 unspecified atom stereocenters. The van der Waals surface area contributed by atoms with Crippen molar-refractivity contribution in [3.8, 4) is 11.1 Å². The van der Waals surface area contributed by atoms with E-state index < -0.39 is 0 Å². The SMILES string of the molecule is [c]1[c]c2cccccc-2c1. The van der Waals surface area contributed by atoms with Crippen molar-refractivity contribution in [2.45, 2.75) is 0 Å². The molecule has 0 spiro atoms. The van der Waals surface area contributed by atoms with E-state index in [0.29, 0.717) is 0 Å². The summed E-state index contributed by atoms with van der Waals surface area (Å²) in [5.74, 6) is 0. The van der Waals surface area contributed by atoms with Crippen LogP contribution in [0.15, 0.2) is 36.4 Å². The van der Waals surface area contributed by atoms with Crippen molar-refractivity contribution < 1.29 is 0 Å². The van der Waals surface area contributed by atoms with Gasteiger partial charge >= 0.3 is 0 Å². The third-order valence-electron chi connectivity index (χ3n) is 1.51. The van der Waals surface area contributed by atoms with Crippen LogP contribution in [0, 0.1) is 12.1 Å². The van der Waals surface area contributed by atoms with Crippen LogP contribution < -0.4 is 0 Å². The second-order valence-electron chi connectivity index (χ2n) is 2.19. The molecule has 0 amide bonds. The van der Waals surface area contributed by atoms with Gasteiger partial charge in [-0.3, -0.25) is 0 Å². The lowest BCUT2D eigenvalue weighted by Crippen LogP contribution is -1.60. The highest BCUT2D eigenvalue weighted by molar-refractivity contribution is 5.64. The van der Waals surface area contributed by atoms with Gasteiger partial charge in [0.1, 0.15) is 0 Å². The zero-order valence-corrected chi connectivity index (χ0v) is 5.46. The smallest absolute Gasteiger partial charge is 0.00139 e. The van der Waals surface area contributed by atoms with Gasteiger partial charge in [0.05, 0.1) is 0 Å². The van der Waals surface area contributed by atoms with Crippen LogP contribution in [0.25, 0.3) is 11.1 Å². The van der Waals surface area contributed by atoms with Crippen LogP contribution in [0.5, 0.6) is 0 Å². The van der Waals surface area contributed by atoms with E-state index in [1.165, 1.54) is 5.56 Å². The monoisotopic (exact) mass is 126 g/mol. The van der Waals surface area contributed by atoms with Crippen LogP contribution >= 0.6 is 0 Å². The van der Waals surface area contributed by atoms with Crippen molar-refractivity contribution >= 4 is 0 Å². The Kier molecular flexibility index (Phi) is 1.17. The molecular weight excluding hydrogens is 120 g/mol. The zero-order valence-electron chi connectivity index (χ0n) is 5.46. The maximum absolute atomic E-state index is 3.01. The molecule has 2 aliphatic rings. The van der Waals surface area contributed by atoms with E-state index in [9.17, 15) is 0 Å². The molecule has 0 fully saturated rings. The molecule has 2 aliphatic carbocycles. The molecule has 0 aromatic rings. The molecular formula is C10H6. The third-order valence-corrected chi connectivity index (χ3v) is 1.51. The molecule has 2 radical (unpaired) electrons. The molecule has 0 heterocycles. The van der Waals surface area contributed by atoms with Gasteiger partial charge in [0, 0.05) is 0 Å². The third kappa shape index (κ3) is 0.781. The maximum Gasteiger partial charge on any atom is -0.00139 e. The van der Waals surface area contributed by atoms with E-state index in [4.69, 9.17) is 0 Å². The van der Waals surface area contributed by atoms with Crippen molar-refractivity contribution in [1.82, 2.24) is 0 Å². The van der Waals surface area contributed by atoms with Gasteiger partial charge in [-0.05, 0) is 29.3 Å². The Balaban J connectivity index is 2.74. The summed E-state index contributed by atoms with van der Waals surface area (Å²) in [6.45, 7) is 0. The maximum atomic E-state index is 3.01. The van der Waals surface area contributed by atoms with Crippen molar-refractivity contribution in [1.29, 1.82) is 0 Å². The average molecular weight is 126 g/mol. The summed E-state index contributed by atoms with van der Waals surface area (Å²) in [4.78, 5) is 0. The van der Waals surface area contributed by atoms with E-state index in [2.05, 4.69) is 18.2 Å². The topological polar surface area (TPSA) is 0 Å². The Morgan fingerprint density at radius 3 is 2.90 bits per heavy atom. The largest absolute Gasteiger partial charge is 0.0622 e. The number of fused-ring (bicyclic) bond motifs is 1. The van der Waals surface area contributed by atoms with Gasteiger partial charge in [-0.15, -0.1) is 0 Å². The summed E-state index contributed by atoms with van der Waals surface area (Å²) >= 11 is 0. The average Bonchev–Trinajstić information content (AvgIpc) is 2.28. The van der Waals surface area contributed by atoms with E-state index in [1.54, 1.807) is 0 Å². The predicted molar refractivity (Wildman–Crippen MR) is 40.7 cm³/mol. The Morgan fingerprint density at radius 2 is 1.90 bits per heavy atom. The summed E-state index contributed by atoms with van der Waals surface area (Å²) in [6.07, 6.45) is 0. The van der Waals surface area contributed by atoms with Crippen LogP contribution in [0.1, 0.15) is 0 Å². The molecule has 2 rings (SSSR count). The summed E-state index contributed by atoms with van der Waals surface area (Å²) in [7, 11) is 0. The van der Waals surface area contributed by atoms with Gasteiger partial charge in [0.15, 0.2) is 0 Å². The Bertz CT molecular complexity index is 271. The van der Waals surface area contributed by atoms with Gasteiger partial charge in [-0.2, -0.15) is 0 Å². The van der Waals surface area contributed by atoms with Crippen molar-refractivity contribution in [3.05, 3.63) is 48.5 Å².